The fourth-order valence-corrected chi connectivity index (χ4v) is 5.17. The van der Waals surface area contributed by atoms with Gasteiger partial charge in [-0.05, 0) is 26.0 Å². The topological polar surface area (TPSA) is 43.2 Å². The predicted octanol–water partition coefficient (Wildman–Crippen LogP) is 3.14. The highest BCUT2D eigenvalue weighted by atomic mass is 32.2. The zero-order valence-electron chi connectivity index (χ0n) is 14.6. The minimum Gasteiger partial charge on any atom is -0.471 e. The molecule has 2 aromatic heterocycles. The van der Waals surface area contributed by atoms with Crippen molar-refractivity contribution in [3.63, 3.8) is 0 Å². The summed E-state index contributed by atoms with van der Waals surface area (Å²) in [5, 5.41) is 4.41. The lowest BCUT2D eigenvalue weighted by atomic mass is 9.92. The smallest absolute Gasteiger partial charge is 0.250 e. The standard InChI is InChI=1S/C18H23FN4OS/c1-13(2)23-9-14(7-21-23)8-22-11-18(12-22)6-15(10-25-18)24-17-16(19)4-3-5-20-17/h3-5,7,9,13,15H,6,8,10-12H2,1-2H3/t15-/m1/s1. The Morgan fingerprint density at radius 1 is 1.44 bits per heavy atom. The van der Waals surface area contributed by atoms with E-state index < -0.39 is 0 Å². The van der Waals surface area contributed by atoms with Gasteiger partial charge in [-0.2, -0.15) is 5.10 Å². The maximum atomic E-state index is 13.7. The van der Waals surface area contributed by atoms with Crippen molar-refractivity contribution in [2.24, 2.45) is 0 Å². The maximum Gasteiger partial charge on any atom is 0.250 e. The summed E-state index contributed by atoms with van der Waals surface area (Å²) in [6.45, 7) is 7.31. The van der Waals surface area contributed by atoms with Gasteiger partial charge in [-0.3, -0.25) is 9.58 Å². The molecule has 2 saturated heterocycles. The molecular weight excluding hydrogens is 339 g/mol. The Balaban J connectivity index is 1.29. The molecule has 2 aliphatic rings. The van der Waals surface area contributed by atoms with Crippen molar-refractivity contribution in [2.45, 2.75) is 43.7 Å². The fraction of sp³-hybridized carbons (Fsp3) is 0.556. The van der Waals surface area contributed by atoms with Crippen LogP contribution < -0.4 is 4.74 Å². The lowest BCUT2D eigenvalue weighted by Gasteiger charge is -2.47. The number of aromatic nitrogens is 3. The van der Waals surface area contributed by atoms with Crippen LogP contribution in [0.2, 0.25) is 0 Å². The van der Waals surface area contributed by atoms with Crippen molar-refractivity contribution in [1.29, 1.82) is 0 Å². The van der Waals surface area contributed by atoms with Crippen LogP contribution in [0.4, 0.5) is 4.39 Å². The Labute approximate surface area is 151 Å². The van der Waals surface area contributed by atoms with Crippen LogP contribution in [0.1, 0.15) is 31.9 Å². The van der Waals surface area contributed by atoms with Gasteiger partial charge in [0.2, 0.25) is 0 Å². The number of hydrogen-bond acceptors (Lipinski definition) is 5. The second-order valence-electron chi connectivity index (χ2n) is 7.30. The van der Waals surface area contributed by atoms with Crippen molar-refractivity contribution in [2.75, 3.05) is 18.8 Å². The molecule has 2 fully saturated rings. The van der Waals surface area contributed by atoms with Gasteiger partial charge in [0.1, 0.15) is 6.10 Å². The van der Waals surface area contributed by atoms with Gasteiger partial charge in [-0.25, -0.2) is 9.37 Å². The monoisotopic (exact) mass is 362 g/mol. The third-order valence-corrected chi connectivity index (χ3v) is 6.37. The molecule has 0 radical (unpaired) electrons. The number of thioether (sulfide) groups is 1. The molecule has 5 nitrogen and oxygen atoms in total. The molecule has 4 rings (SSSR count). The van der Waals surface area contributed by atoms with E-state index in [1.54, 1.807) is 12.3 Å². The first kappa shape index (κ1) is 16.8. The van der Waals surface area contributed by atoms with Crippen molar-refractivity contribution in [3.8, 4) is 5.88 Å². The molecule has 1 atom stereocenters. The quantitative estimate of drug-likeness (QED) is 0.818. The van der Waals surface area contributed by atoms with Crippen LogP contribution in [0, 0.1) is 5.82 Å². The molecule has 2 aliphatic heterocycles. The maximum absolute atomic E-state index is 13.7. The van der Waals surface area contributed by atoms with Crippen LogP contribution in [-0.2, 0) is 6.54 Å². The Hall–Kier alpha value is -1.60. The first-order valence-electron chi connectivity index (χ1n) is 8.69. The molecule has 134 valence electrons. The number of likely N-dealkylation sites (tertiary alicyclic amines) is 1. The Morgan fingerprint density at radius 3 is 3.00 bits per heavy atom. The number of ether oxygens (including phenoxy) is 1. The van der Waals surface area contributed by atoms with Gasteiger partial charge in [0.25, 0.3) is 5.88 Å². The third kappa shape index (κ3) is 3.53. The van der Waals surface area contributed by atoms with Gasteiger partial charge < -0.3 is 4.74 Å². The van der Waals surface area contributed by atoms with Gasteiger partial charge in [0, 0.05) is 60.6 Å². The normalized spacial score (nSPS) is 22.5. The van der Waals surface area contributed by atoms with E-state index >= 15 is 0 Å². The number of pyridine rings is 1. The van der Waals surface area contributed by atoms with Crippen molar-refractivity contribution < 1.29 is 9.13 Å². The van der Waals surface area contributed by atoms with Gasteiger partial charge in [0.05, 0.1) is 6.20 Å². The molecule has 0 N–H and O–H groups in total. The van der Waals surface area contributed by atoms with E-state index in [1.165, 1.54) is 11.6 Å². The first-order chi connectivity index (χ1) is 12.0. The lowest BCUT2D eigenvalue weighted by molar-refractivity contribution is 0.0895. The second-order valence-corrected chi connectivity index (χ2v) is 8.78. The Kier molecular flexibility index (Phi) is 4.45. The molecule has 0 aliphatic carbocycles. The van der Waals surface area contributed by atoms with E-state index in [-0.39, 0.29) is 22.5 Å². The summed E-state index contributed by atoms with van der Waals surface area (Å²) in [6, 6.07) is 3.37. The van der Waals surface area contributed by atoms with E-state index in [0.717, 1.165) is 31.8 Å². The fourth-order valence-electron chi connectivity index (χ4n) is 3.59. The summed E-state index contributed by atoms with van der Waals surface area (Å²) in [4.78, 5) is 6.44. The highest BCUT2D eigenvalue weighted by Crippen LogP contribution is 2.46. The zero-order valence-corrected chi connectivity index (χ0v) is 15.4. The number of nitrogens with zero attached hydrogens (tertiary/aromatic N) is 4. The van der Waals surface area contributed by atoms with Crippen LogP contribution in [-0.4, -0.2) is 49.4 Å². The summed E-state index contributed by atoms with van der Waals surface area (Å²) < 4.78 is 21.7. The SMILES string of the molecule is CC(C)n1cc(CN2CC3(C[C@@H](Oc4ncccc4F)CS3)C2)cn1. The van der Waals surface area contributed by atoms with Gasteiger partial charge in [-0.15, -0.1) is 11.8 Å². The van der Waals surface area contributed by atoms with Crippen molar-refractivity contribution in [1.82, 2.24) is 19.7 Å². The molecule has 4 heterocycles. The van der Waals surface area contributed by atoms with Crippen LogP contribution in [0.15, 0.2) is 30.7 Å². The summed E-state index contributed by atoms with van der Waals surface area (Å²) in [7, 11) is 0. The minimum atomic E-state index is -0.383. The van der Waals surface area contributed by atoms with Crippen LogP contribution in [0.25, 0.3) is 0 Å². The molecule has 2 aromatic rings. The average Bonchev–Trinajstić information content (AvgIpc) is 3.17. The van der Waals surface area contributed by atoms with Gasteiger partial charge in [0.15, 0.2) is 5.82 Å². The molecule has 25 heavy (non-hydrogen) atoms. The molecule has 0 saturated carbocycles. The molecule has 0 aromatic carbocycles. The van der Waals surface area contributed by atoms with Crippen molar-refractivity contribution in [3.05, 3.63) is 42.1 Å². The summed E-state index contributed by atoms with van der Waals surface area (Å²) >= 11 is 1.95. The highest BCUT2D eigenvalue weighted by Gasteiger charge is 2.49. The van der Waals surface area contributed by atoms with Crippen molar-refractivity contribution >= 4 is 11.8 Å². The predicted molar refractivity (Wildman–Crippen MR) is 96.3 cm³/mol. The molecule has 0 bridgehead atoms. The molecule has 1 spiro atoms. The van der Waals surface area contributed by atoms with Crippen LogP contribution in [0.3, 0.4) is 0 Å². The minimum absolute atomic E-state index is 0.0419. The first-order valence-corrected chi connectivity index (χ1v) is 9.68. The van der Waals surface area contributed by atoms with E-state index in [9.17, 15) is 4.39 Å². The second kappa shape index (κ2) is 6.61. The summed E-state index contributed by atoms with van der Waals surface area (Å²) in [5.74, 6) is 0.642. The summed E-state index contributed by atoms with van der Waals surface area (Å²) in [6.07, 6.45) is 6.66. The molecule has 0 amide bonds. The van der Waals surface area contributed by atoms with E-state index in [2.05, 4.69) is 35.0 Å². The van der Waals surface area contributed by atoms with E-state index in [1.807, 2.05) is 22.6 Å². The van der Waals surface area contributed by atoms with Gasteiger partial charge >= 0.3 is 0 Å². The number of halogens is 1. The van der Waals surface area contributed by atoms with Crippen LogP contribution >= 0.6 is 11.8 Å². The Bertz CT molecular complexity index is 744. The highest BCUT2D eigenvalue weighted by molar-refractivity contribution is 8.01. The third-order valence-electron chi connectivity index (χ3n) is 4.79. The number of hydrogen-bond donors (Lipinski definition) is 0. The largest absolute Gasteiger partial charge is 0.471 e. The van der Waals surface area contributed by atoms with E-state index in [0.29, 0.717) is 6.04 Å². The molecule has 7 heteroatoms. The average molecular weight is 362 g/mol. The lowest BCUT2D eigenvalue weighted by Crippen LogP contribution is -2.58. The van der Waals surface area contributed by atoms with E-state index in [4.69, 9.17) is 4.74 Å². The zero-order chi connectivity index (χ0) is 17.4. The molecule has 0 unspecified atom stereocenters. The van der Waals surface area contributed by atoms with Crippen LogP contribution in [0.5, 0.6) is 5.88 Å². The number of rotatable bonds is 5. The summed E-state index contributed by atoms with van der Waals surface area (Å²) in [5.41, 5.74) is 1.26. The molecular formula is C18H23FN4OS. The Morgan fingerprint density at radius 2 is 2.28 bits per heavy atom. The van der Waals surface area contributed by atoms with Gasteiger partial charge in [-0.1, -0.05) is 0 Å².